The molecule has 1 aromatic heterocycles. The van der Waals surface area contributed by atoms with E-state index in [1.54, 1.807) is 0 Å². The predicted octanol–water partition coefficient (Wildman–Crippen LogP) is 0.305. The monoisotopic (exact) mass is 282 g/mol. The Balaban J connectivity index is 1.94. The van der Waals surface area contributed by atoms with E-state index in [0.29, 0.717) is 12.8 Å². The summed E-state index contributed by atoms with van der Waals surface area (Å²) in [6.45, 7) is -0.171. The van der Waals surface area contributed by atoms with E-state index in [9.17, 15) is 19.7 Å². The molecule has 2 N–H and O–H groups in total. The lowest BCUT2D eigenvalue weighted by Gasteiger charge is -2.41. The van der Waals surface area contributed by atoms with Crippen LogP contribution in [0.4, 0.5) is 5.69 Å². The molecule has 20 heavy (non-hydrogen) atoms. The van der Waals surface area contributed by atoms with Gasteiger partial charge in [0.05, 0.1) is 16.9 Å². The summed E-state index contributed by atoms with van der Waals surface area (Å²) in [5.74, 6) is -1.36. The molecule has 0 radical (unpaired) electrons. The summed E-state index contributed by atoms with van der Waals surface area (Å²) in [6.07, 6.45) is 4.24. The van der Waals surface area contributed by atoms with Crippen molar-refractivity contribution >= 4 is 17.6 Å². The van der Waals surface area contributed by atoms with Crippen LogP contribution in [0.2, 0.25) is 0 Å². The number of carbonyl (C=O) groups excluding carboxylic acids is 1. The van der Waals surface area contributed by atoms with E-state index in [1.165, 1.54) is 0 Å². The third-order valence-corrected chi connectivity index (χ3v) is 3.34. The first-order valence-corrected chi connectivity index (χ1v) is 6.10. The molecule has 2 rings (SSSR count). The number of nitrogens with one attached hydrogen (secondary N) is 1. The van der Waals surface area contributed by atoms with Gasteiger partial charge in [-0.25, -0.2) is 0 Å². The van der Waals surface area contributed by atoms with Gasteiger partial charge in [-0.1, -0.05) is 0 Å². The Morgan fingerprint density at radius 1 is 1.55 bits per heavy atom. The molecule has 1 aromatic rings. The third-order valence-electron chi connectivity index (χ3n) is 3.34. The fourth-order valence-electron chi connectivity index (χ4n) is 2.25. The van der Waals surface area contributed by atoms with Gasteiger partial charge in [0.1, 0.15) is 18.9 Å². The predicted molar refractivity (Wildman–Crippen MR) is 65.9 cm³/mol. The van der Waals surface area contributed by atoms with Crippen LogP contribution in [0.15, 0.2) is 12.4 Å². The maximum Gasteiger partial charge on any atom is 0.307 e. The quantitative estimate of drug-likeness (QED) is 0.570. The van der Waals surface area contributed by atoms with Gasteiger partial charge < -0.3 is 10.4 Å². The molecule has 0 bridgehead atoms. The molecule has 9 heteroatoms. The standard InChI is InChI=1S/C11H14N4O5/c16-9(7-14-6-8(5-12-14)15(19)20)13-11(2-1-3-11)4-10(17)18/h5-6H,1-4,7H2,(H,13,16)(H,17,18). The summed E-state index contributed by atoms with van der Waals surface area (Å²) in [6, 6.07) is 0. The Morgan fingerprint density at radius 3 is 2.70 bits per heavy atom. The zero-order valence-electron chi connectivity index (χ0n) is 10.6. The molecule has 9 nitrogen and oxygen atoms in total. The average Bonchev–Trinajstić information content (AvgIpc) is 2.73. The van der Waals surface area contributed by atoms with Crippen LogP contribution >= 0.6 is 0 Å². The summed E-state index contributed by atoms with van der Waals surface area (Å²) in [7, 11) is 0. The van der Waals surface area contributed by atoms with Gasteiger partial charge >= 0.3 is 11.7 Å². The molecule has 1 heterocycles. The number of carboxylic acids is 1. The lowest BCUT2D eigenvalue weighted by Crippen LogP contribution is -2.55. The highest BCUT2D eigenvalue weighted by molar-refractivity contribution is 5.78. The molecule has 0 aliphatic heterocycles. The number of aliphatic carboxylic acids is 1. The van der Waals surface area contributed by atoms with Gasteiger partial charge in [0.2, 0.25) is 5.91 Å². The molecular formula is C11H14N4O5. The van der Waals surface area contributed by atoms with Crippen molar-refractivity contribution in [3.8, 4) is 0 Å². The Hall–Kier alpha value is -2.45. The van der Waals surface area contributed by atoms with Gasteiger partial charge in [-0.2, -0.15) is 5.10 Å². The highest BCUT2D eigenvalue weighted by atomic mass is 16.6. The normalized spacial score (nSPS) is 16.2. The minimum atomic E-state index is -0.959. The number of hydrogen-bond acceptors (Lipinski definition) is 5. The van der Waals surface area contributed by atoms with E-state index in [-0.39, 0.29) is 18.7 Å². The van der Waals surface area contributed by atoms with E-state index in [0.717, 1.165) is 23.5 Å². The first-order chi connectivity index (χ1) is 9.40. The van der Waals surface area contributed by atoms with Gasteiger partial charge in [-0.05, 0) is 19.3 Å². The molecular weight excluding hydrogens is 268 g/mol. The Labute approximate surface area is 113 Å². The summed E-state index contributed by atoms with van der Waals surface area (Å²) in [4.78, 5) is 32.5. The van der Waals surface area contributed by atoms with Crippen LogP contribution in [-0.4, -0.2) is 37.2 Å². The van der Waals surface area contributed by atoms with Crippen LogP contribution in [0.1, 0.15) is 25.7 Å². The molecule has 1 fully saturated rings. The molecule has 1 saturated carbocycles. The first-order valence-electron chi connectivity index (χ1n) is 6.10. The number of aromatic nitrogens is 2. The third kappa shape index (κ3) is 3.11. The fourth-order valence-corrected chi connectivity index (χ4v) is 2.25. The van der Waals surface area contributed by atoms with Crippen molar-refractivity contribution in [2.75, 3.05) is 0 Å². The Kier molecular flexibility index (Phi) is 3.68. The molecule has 0 aromatic carbocycles. The fraction of sp³-hybridized carbons (Fsp3) is 0.545. The highest BCUT2D eigenvalue weighted by Crippen LogP contribution is 2.34. The second-order valence-corrected chi connectivity index (χ2v) is 4.91. The van der Waals surface area contributed by atoms with E-state index < -0.39 is 22.3 Å². The first kappa shape index (κ1) is 14.0. The number of carboxylic acid groups (broad SMARTS) is 1. The maximum atomic E-state index is 11.8. The van der Waals surface area contributed by atoms with Crippen LogP contribution in [0.5, 0.6) is 0 Å². The molecule has 0 unspecified atom stereocenters. The zero-order chi connectivity index (χ0) is 14.8. The molecule has 1 amide bonds. The molecule has 0 saturated heterocycles. The van der Waals surface area contributed by atoms with Crippen LogP contribution in [0, 0.1) is 10.1 Å². The smallest absolute Gasteiger partial charge is 0.307 e. The van der Waals surface area contributed by atoms with Crippen LogP contribution in [0.25, 0.3) is 0 Å². The van der Waals surface area contributed by atoms with Gasteiger partial charge in [-0.3, -0.25) is 24.4 Å². The number of hydrogen-bond donors (Lipinski definition) is 2. The second-order valence-electron chi connectivity index (χ2n) is 4.91. The van der Waals surface area contributed by atoms with Gasteiger partial charge in [0, 0.05) is 0 Å². The van der Waals surface area contributed by atoms with E-state index in [1.807, 2.05) is 0 Å². The van der Waals surface area contributed by atoms with Gasteiger partial charge in [0.25, 0.3) is 0 Å². The van der Waals surface area contributed by atoms with E-state index in [2.05, 4.69) is 10.4 Å². The van der Waals surface area contributed by atoms with Crippen molar-refractivity contribution in [2.45, 2.75) is 37.8 Å². The summed E-state index contributed by atoms with van der Waals surface area (Å²) in [5, 5.41) is 25.7. The van der Waals surface area contributed by atoms with E-state index >= 15 is 0 Å². The summed E-state index contributed by atoms with van der Waals surface area (Å²) < 4.78 is 1.15. The molecule has 0 atom stereocenters. The van der Waals surface area contributed by atoms with Gasteiger partial charge in [-0.15, -0.1) is 0 Å². The van der Waals surface area contributed by atoms with Crippen molar-refractivity contribution in [1.82, 2.24) is 15.1 Å². The second kappa shape index (κ2) is 5.27. The largest absolute Gasteiger partial charge is 0.481 e. The van der Waals surface area contributed by atoms with Crippen molar-refractivity contribution in [3.05, 3.63) is 22.5 Å². The SMILES string of the molecule is O=C(O)CC1(NC(=O)Cn2cc([N+](=O)[O-])cn2)CCC1. The minimum absolute atomic E-state index is 0.113. The van der Waals surface area contributed by atoms with Crippen molar-refractivity contribution in [2.24, 2.45) is 0 Å². The molecule has 1 aliphatic rings. The number of nitro groups is 1. The van der Waals surface area contributed by atoms with Crippen LogP contribution < -0.4 is 5.32 Å². The number of carbonyl (C=O) groups is 2. The minimum Gasteiger partial charge on any atom is -0.481 e. The topological polar surface area (TPSA) is 127 Å². The lowest BCUT2D eigenvalue weighted by atomic mass is 9.74. The van der Waals surface area contributed by atoms with Crippen LogP contribution in [-0.2, 0) is 16.1 Å². The number of nitrogens with zero attached hydrogens (tertiary/aromatic N) is 3. The van der Waals surface area contributed by atoms with E-state index in [4.69, 9.17) is 5.11 Å². The van der Waals surface area contributed by atoms with Crippen LogP contribution in [0.3, 0.4) is 0 Å². The van der Waals surface area contributed by atoms with Gasteiger partial charge in [0.15, 0.2) is 0 Å². The summed E-state index contributed by atoms with van der Waals surface area (Å²) >= 11 is 0. The zero-order valence-corrected chi connectivity index (χ0v) is 10.6. The molecule has 1 aliphatic carbocycles. The molecule has 0 spiro atoms. The van der Waals surface area contributed by atoms with Crippen molar-refractivity contribution in [1.29, 1.82) is 0 Å². The Morgan fingerprint density at radius 2 is 2.25 bits per heavy atom. The number of amides is 1. The average molecular weight is 282 g/mol. The maximum absolute atomic E-state index is 11.8. The Bertz CT molecular complexity index is 549. The number of rotatable bonds is 6. The highest BCUT2D eigenvalue weighted by Gasteiger charge is 2.40. The van der Waals surface area contributed by atoms with Crippen molar-refractivity contribution in [3.63, 3.8) is 0 Å². The van der Waals surface area contributed by atoms with Crippen molar-refractivity contribution < 1.29 is 19.6 Å². The lowest BCUT2D eigenvalue weighted by molar-refractivity contribution is -0.385. The molecule has 108 valence electrons. The summed E-state index contributed by atoms with van der Waals surface area (Å²) in [5.41, 5.74) is -0.871.